The molecular formula is C18H8F6O7S2. The van der Waals surface area contributed by atoms with Gasteiger partial charge in [-0.25, -0.2) is 0 Å². The van der Waals surface area contributed by atoms with E-state index >= 15 is 0 Å². The Balaban J connectivity index is 2.03. The van der Waals surface area contributed by atoms with Gasteiger partial charge in [0.25, 0.3) is 0 Å². The van der Waals surface area contributed by atoms with Crippen molar-refractivity contribution in [3.8, 4) is 11.5 Å². The summed E-state index contributed by atoms with van der Waals surface area (Å²) in [4.78, 5) is 0. The average molecular weight is 514 g/mol. The molecule has 0 saturated heterocycles. The monoisotopic (exact) mass is 514 g/mol. The third-order valence-corrected chi connectivity index (χ3v) is 6.32. The van der Waals surface area contributed by atoms with Crippen molar-refractivity contribution >= 4 is 52.9 Å². The molecule has 1 heterocycles. The molecule has 3 aromatic carbocycles. The van der Waals surface area contributed by atoms with E-state index in [0.717, 1.165) is 0 Å². The summed E-state index contributed by atoms with van der Waals surface area (Å²) in [6.07, 6.45) is 0. The van der Waals surface area contributed by atoms with E-state index in [0.29, 0.717) is 16.8 Å². The highest BCUT2D eigenvalue weighted by atomic mass is 32.2. The second kappa shape index (κ2) is 7.15. The Bertz CT molecular complexity index is 1620. The van der Waals surface area contributed by atoms with Crippen molar-refractivity contribution in [2.75, 3.05) is 0 Å². The molecule has 0 saturated carbocycles. The summed E-state index contributed by atoms with van der Waals surface area (Å²) < 4.78 is 136. The summed E-state index contributed by atoms with van der Waals surface area (Å²) in [6, 6.07) is 10.3. The van der Waals surface area contributed by atoms with E-state index < -0.39 is 48.3 Å². The van der Waals surface area contributed by atoms with Crippen LogP contribution in [0.3, 0.4) is 0 Å². The molecule has 176 valence electrons. The van der Waals surface area contributed by atoms with E-state index in [1.54, 1.807) is 24.3 Å². The molecule has 15 heteroatoms. The molecule has 7 nitrogen and oxygen atoms in total. The van der Waals surface area contributed by atoms with Gasteiger partial charge in [0.05, 0.1) is 5.39 Å². The number of hydrogen-bond donors (Lipinski definition) is 0. The van der Waals surface area contributed by atoms with Gasteiger partial charge in [-0.1, -0.05) is 30.3 Å². The third-order valence-electron chi connectivity index (χ3n) is 4.37. The van der Waals surface area contributed by atoms with Gasteiger partial charge in [-0.05, 0) is 11.5 Å². The Hall–Kier alpha value is -3.20. The molecule has 0 aliphatic heterocycles. The van der Waals surface area contributed by atoms with Crippen LogP contribution in [0, 0.1) is 0 Å². The Morgan fingerprint density at radius 2 is 1.33 bits per heavy atom. The van der Waals surface area contributed by atoms with Gasteiger partial charge < -0.3 is 12.8 Å². The quantitative estimate of drug-likeness (QED) is 0.210. The van der Waals surface area contributed by atoms with Crippen molar-refractivity contribution in [3.63, 3.8) is 0 Å². The molecule has 0 N–H and O–H groups in total. The predicted octanol–water partition coefficient (Wildman–Crippen LogP) is 5.20. The second-order valence-electron chi connectivity index (χ2n) is 6.53. The first-order chi connectivity index (χ1) is 15.1. The fourth-order valence-corrected chi connectivity index (χ4v) is 3.93. The Morgan fingerprint density at radius 3 is 1.97 bits per heavy atom. The van der Waals surface area contributed by atoms with E-state index in [9.17, 15) is 43.2 Å². The fourth-order valence-electron chi connectivity index (χ4n) is 3.02. The lowest BCUT2D eigenvalue weighted by atomic mass is 10.1. The number of halogens is 6. The van der Waals surface area contributed by atoms with Gasteiger partial charge in [0, 0.05) is 22.9 Å². The highest BCUT2D eigenvalue weighted by Crippen LogP contribution is 2.43. The maximum Gasteiger partial charge on any atom is 0.534 e. The standard InChI is InChI=1S/C18H8F6O7S2/c19-17(20,21)32(25,26)30-10-7-13-15(14(8-10)31-33(27,28)18(22,23)24)12-6-5-9-3-1-2-4-11(9)16(12)29-13/h1-8H. The van der Waals surface area contributed by atoms with Gasteiger partial charge >= 0.3 is 31.3 Å². The van der Waals surface area contributed by atoms with E-state index in [4.69, 9.17) is 4.42 Å². The summed E-state index contributed by atoms with van der Waals surface area (Å²) in [6.45, 7) is 0. The molecule has 4 aromatic rings. The molecule has 0 bridgehead atoms. The van der Waals surface area contributed by atoms with Gasteiger partial charge in [0.15, 0.2) is 5.75 Å². The normalized spacial score (nSPS) is 13.6. The zero-order chi connectivity index (χ0) is 24.4. The molecule has 0 amide bonds. The van der Waals surface area contributed by atoms with E-state index in [1.807, 2.05) is 0 Å². The first-order valence-electron chi connectivity index (χ1n) is 8.50. The van der Waals surface area contributed by atoms with E-state index in [1.165, 1.54) is 12.1 Å². The van der Waals surface area contributed by atoms with Crippen LogP contribution in [0.5, 0.6) is 11.5 Å². The van der Waals surface area contributed by atoms with Crippen molar-refractivity contribution in [1.29, 1.82) is 0 Å². The highest BCUT2D eigenvalue weighted by molar-refractivity contribution is 7.88. The fraction of sp³-hybridized carbons (Fsp3) is 0.111. The molecule has 0 fully saturated rings. The SMILES string of the molecule is O=S(=O)(Oc1cc(OS(=O)(=O)C(F)(F)F)c2c(c1)oc1c3ccccc3ccc12)C(F)(F)F. The maximum atomic E-state index is 12.9. The van der Waals surface area contributed by atoms with Crippen molar-refractivity contribution in [2.24, 2.45) is 0 Å². The first kappa shape index (κ1) is 23.0. The lowest BCUT2D eigenvalue weighted by Crippen LogP contribution is -2.29. The molecule has 0 aliphatic carbocycles. The molecule has 4 rings (SSSR count). The molecule has 0 radical (unpaired) electrons. The number of rotatable bonds is 4. The Labute approximate surface area is 180 Å². The van der Waals surface area contributed by atoms with Crippen molar-refractivity contribution in [1.82, 2.24) is 0 Å². The van der Waals surface area contributed by atoms with Crippen LogP contribution < -0.4 is 8.37 Å². The van der Waals surface area contributed by atoms with Crippen LogP contribution in [0.1, 0.15) is 0 Å². The van der Waals surface area contributed by atoms with Gasteiger partial charge in [-0.15, -0.1) is 0 Å². The summed E-state index contributed by atoms with van der Waals surface area (Å²) in [7, 11) is -12.5. The van der Waals surface area contributed by atoms with E-state index in [-0.39, 0.29) is 22.4 Å². The average Bonchev–Trinajstić information content (AvgIpc) is 3.04. The van der Waals surface area contributed by atoms with Gasteiger partial charge in [-0.2, -0.15) is 43.2 Å². The topological polar surface area (TPSA) is 99.9 Å². The smallest absolute Gasteiger partial charge is 0.455 e. The Morgan fingerprint density at radius 1 is 0.727 bits per heavy atom. The lowest BCUT2D eigenvalue weighted by molar-refractivity contribution is -0.0502. The van der Waals surface area contributed by atoms with Gasteiger partial charge in [0.2, 0.25) is 0 Å². The summed E-state index contributed by atoms with van der Waals surface area (Å²) in [5.41, 5.74) is -12.2. The summed E-state index contributed by atoms with van der Waals surface area (Å²) in [5.74, 6) is -2.33. The van der Waals surface area contributed by atoms with Crippen LogP contribution in [0.15, 0.2) is 52.9 Å². The molecule has 0 aliphatic rings. The molecule has 1 aromatic heterocycles. The first-order valence-corrected chi connectivity index (χ1v) is 11.3. The minimum atomic E-state index is -6.29. The molecule has 33 heavy (non-hydrogen) atoms. The van der Waals surface area contributed by atoms with Crippen LogP contribution in [0.25, 0.3) is 32.7 Å². The van der Waals surface area contributed by atoms with Crippen LogP contribution in [0.2, 0.25) is 0 Å². The lowest BCUT2D eigenvalue weighted by Gasteiger charge is -2.13. The van der Waals surface area contributed by atoms with Crippen molar-refractivity contribution in [2.45, 2.75) is 11.0 Å². The van der Waals surface area contributed by atoms with Crippen molar-refractivity contribution < 1.29 is 56.0 Å². The highest BCUT2D eigenvalue weighted by Gasteiger charge is 2.50. The summed E-state index contributed by atoms with van der Waals surface area (Å²) >= 11 is 0. The maximum absolute atomic E-state index is 12.9. The minimum Gasteiger partial charge on any atom is -0.455 e. The predicted molar refractivity (Wildman–Crippen MR) is 102 cm³/mol. The molecular weight excluding hydrogens is 506 g/mol. The molecule has 0 spiro atoms. The minimum absolute atomic E-state index is 0.0354. The number of benzene rings is 3. The van der Waals surface area contributed by atoms with Crippen LogP contribution in [-0.2, 0) is 20.2 Å². The zero-order valence-corrected chi connectivity index (χ0v) is 17.2. The number of alkyl halides is 6. The van der Waals surface area contributed by atoms with E-state index in [2.05, 4.69) is 8.37 Å². The third kappa shape index (κ3) is 3.90. The zero-order valence-electron chi connectivity index (χ0n) is 15.6. The summed E-state index contributed by atoms with van der Waals surface area (Å²) in [5, 5.41) is 0.744. The van der Waals surface area contributed by atoms with Crippen LogP contribution in [-0.4, -0.2) is 27.9 Å². The molecule has 0 atom stereocenters. The number of hydrogen-bond acceptors (Lipinski definition) is 7. The Kier molecular flexibility index (Phi) is 4.98. The van der Waals surface area contributed by atoms with Gasteiger partial charge in [0.1, 0.15) is 16.9 Å². The van der Waals surface area contributed by atoms with Gasteiger partial charge in [-0.3, -0.25) is 0 Å². The van der Waals surface area contributed by atoms with Crippen LogP contribution >= 0.6 is 0 Å². The molecule has 0 unspecified atom stereocenters. The largest absolute Gasteiger partial charge is 0.534 e. The van der Waals surface area contributed by atoms with Crippen LogP contribution in [0.4, 0.5) is 26.3 Å². The number of fused-ring (bicyclic) bond motifs is 5. The number of furan rings is 1. The second-order valence-corrected chi connectivity index (χ2v) is 9.60. The van der Waals surface area contributed by atoms with Crippen molar-refractivity contribution in [3.05, 3.63) is 48.5 Å².